The first-order valence-corrected chi connectivity index (χ1v) is 7.71. The number of hydrogen-bond donors (Lipinski definition) is 1. The molecule has 3 aliphatic heterocycles. The quantitative estimate of drug-likeness (QED) is 0.512. The normalized spacial score (nSPS) is 35.0. The van der Waals surface area contributed by atoms with E-state index in [-0.39, 0.29) is 12.1 Å². The van der Waals surface area contributed by atoms with Crippen molar-refractivity contribution in [1.29, 1.82) is 0 Å². The molecule has 23 heavy (non-hydrogen) atoms. The molecule has 118 valence electrons. The summed E-state index contributed by atoms with van der Waals surface area (Å²) in [6.45, 7) is 3.81. The van der Waals surface area contributed by atoms with Gasteiger partial charge in [-0.25, -0.2) is 0 Å². The van der Waals surface area contributed by atoms with E-state index in [0.717, 1.165) is 5.69 Å². The Morgan fingerprint density at radius 3 is 2.78 bits per heavy atom. The summed E-state index contributed by atoms with van der Waals surface area (Å²) >= 11 is 0. The van der Waals surface area contributed by atoms with Gasteiger partial charge in [0.2, 0.25) is 0 Å². The fraction of sp³-hybridized carbons (Fsp3) is 0.333. The third-order valence-electron chi connectivity index (χ3n) is 4.87. The minimum absolute atomic E-state index is 0.211. The molecule has 1 aromatic carbocycles. The Bertz CT molecular complexity index is 698. The summed E-state index contributed by atoms with van der Waals surface area (Å²) in [5.41, 5.74) is 0.0538. The number of anilines is 1. The van der Waals surface area contributed by atoms with Crippen LogP contribution in [0, 0.1) is 11.8 Å². The highest BCUT2D eigenvalue weighted by Crippen LogP contribution is 2.53. The van der Waals surface area contributed by atoms with E-state index in [1.54, 1.807) is 6.08 Å². The zero-order valence-corrected chi connectivity index (χ0v) is 12.5. The van der Waals surface area contributed by atoms with E-state index in [1.165, 1.54) is 0 Å². The fourth-order valence-electron chi connectivity index (χ4n) is 3.90. The summed E-state index contributed by atoms with van der Waals surface area (Å²) in [4.78, 5) is 24.2. The van der Waals surface area contributed by atoms with E-state index in [1.807, 2.05) is 42.5 Å². The van der Waals surface area contributed by atoms with Crippen molar-refractivity contribution in [2.24, 2.45) is 11.8 Å². The van der Waals surface area contributed by atoms with Crippen molar-refractivity contribution in [1.82, 2.24) is 0 Å². The van der Waals surface area contributed by atoms with Gasteiger partial charge in [-0.2, -0.15) is 0 Å². The predicted molar refractivity (Wildman–Crippen MR) is 83.5 cm³/mol. The second-order valence-corrected chi connectivity index (χ2v) is 6.13. The Morgan fingerprint density at radius 1 is 1.26 bits per heavy atom. The molecule has 0 spiro atoms. The zero-order chi connectivity index (χ0) is 16.0. The molecule has 4 rings (SSSR count). The number of nitrogens with one attached hydrogen (secondary N) is 1. The fourth-order valence-corrected chi connectivity index (χ4v) is 3.90. The van der Waals surface area contributed by atoms with E-state index in [2.05, 4.69) is 11.9 Å². The number of fused-ring (bicyclic) bond motifs is 5. The van der Waals surface area contributed by atoms with E-state index in [4.69, 9.17) is 9.47 Å². The molecule has 5 heteroatoms. The van der Waals surface area contributed by atoms with Gasteiger partial charge < -0.3 is 14.8 Å². The number of rotatable bonds is 5. The predicted octanol–water partition coefficient (Wildman–Crippen LogP) is 2.07. The first-order chi connectivity index (χ1) is 11.2. The van der Waals surface area contributed by atoms with Crippen molar-refractivity contribution in [3.05, 3.63) is 55.1 Å². The van der Waals surface area contributed by atoms with Gasteiger partial charge in [-0.3, -0.25) is 9.59 Å². The largest absolute Gasteiger partial charge is 0.393 e. The Balaban J connectivity index is 1.71. The van der Waals surface area contributed by atoms with Gasteiger partial charge in [-0.05, 0) is 18.6 Å². The zero-order valence-electron chi connectivity index (χ0n) is 12.5. The van der Waals surface area contributed by atoms with Gasteiger partial charge in [0, 0.05) is 5.69 Å². The van der Waals surface area contributed by atoms with Gasteiger partial charge in [-0.15, -0.1) is 6.58 Å². The van der Waals surface area contributed by atoms with Crippen molar-refractivity contribution in [3.8, 4) is 0 Å². The van der Waals surface area contributed by atoms with Gasteiger partial charge in [0.25, 0.3) is 0 Å². The molecule has 0 saturated carbocycles. The number of hydrogen-bond acceptors (Lipinski definition) is 5. The molecule has 3 heterocycles. The number of cyclic esters (lactones) is 2. The van der Waals surface area contributed by atoms with E-state index in [0.29, 0.717) is 6.42 Å². The SMILES string of the molecule is C=CCC(Nc1ccccc1)C12C=CC(O1)C1C(=O)OC(=O)C12. The Hall–Kier alpha value is -2.40. The molecule has 5 nitrogen and oxygen atoms in total. The van der Waals surface area contributed by atoms with E-state index < -0.39 is 29.4 Å². The number of para-hydroxylation sites is 1. The Kier molecular flexibility index (Phi) is 3.13. The third kappa shape index (κ3) is 1.96. The maximum Gasteiger partial charge on any atom is 0.320 e. The second kappa shape index (κ2) is 5.06. The molecule has 0 aromatic heterocycles. The second-order valence-electron chi connectivity index (χ2n) is 6.13. The molecule has 5 atom stereocenters. The lowest BCUT2D eigenvalue weighted by Crippen LogP contribution is -2.51. The van der Waals surface area contributed by atoms with Crippen LogP contribution in [0.3, 0.4) is 0 Å². The summed E-state index contributed by atoms with van der Waals surface area (Å²) < 4.78 is 11.0. The Labute approximate surface area is 134 Å². The van der Waals surface area contributed by atoms with Crippen LogP contribution in [0.4, 0.5) is 5.69 Å². The van der Waals surface area contributed by atoms with Crippen molar-refractivity contribution < 1.29 is 19.1 Å². The van der Waals surface area contributed by atoms with Gasteiger partial charge in [0.1, 0.15) is 17.4 Å². The molecule has 2 fully saturated rings. The van der Waals surface area contributed by atoms with Gasteiger partial charge in [-0.1, -0.05) is 36.4 Å². The van der Waals surface area contributed by atoms with Crippen LogP contribution in [0.2, 0.25) is 0 Å². The Morgan fingerprint density at radius 2 is 2.04 bits per heavy atom. The maximum atomic E-state index is 12.2. The van der Waals surface area contributed by atoms with Crippen LogP contribution in [0.15, 0.2) is 55.1 Å². The van der Waals surface area contributed by atoms with Crippen LogP contribution in [0.5, 0.6) is 0 Å². The lowest BCUT2D eigenvalue weighted by Gasteiger charge is -2.36. The first-order valence-electron chi connectivity index (χ1n) is 7.71. The molecule has 1 N–H and O–H groups in total. The molecule has 0 amide bonds. The van der Waals surface area contributed by atoms with Crippen LogP contribution < -0.4 is 5.32 Å². The molecule has 0 aliphatic carbocycles. The summed E-state index contributed by atoms with van der Waals surface area (Å²) in [7, 11) is 0. The monoisotopic (exact) mass is 311 g/mol. The van der Waals surface area contributed by atoms with Crippen LogP contribution in [-0.4, -0.2) is 29.7 Å². The van der Waals surface area contributed by atoms with Crippen molar-refractivity contribution in [3.63, 3.8) is 0 Å². The number of carbonyl (C=O) groups is 2. The van der Waals surface area contributed by atoms with Crippen LogP contribution >= 0.6 is 0 Å². The molecular formula is C18H17NO4. The van der Waals surface area contributed by atoms with Crippen LogP contribution in [0.25, 0.3) is 0 Å². The molecule has 2 saturated heterocycles. The van der Waals surface area contributed by atoms with E-state index >= 15 is 0 Å². The summed E-state index contributed by atoms with van der Waals surface area (Å²) in [5, 5.41) is 3.42. The molecular weight excluding hydrogens is 294 g/mol. The molecule has 2 bridgehead atoms. The van der Waals surface area contributed by atoms with Gasteiger partial charge in [0.15, 0.2) is 0 Å². The van der Waals surface area contributed by atoms with Crippen molar-refractivity contribution in [2.75, 3.05) is 5.32 Å². The highest BCUT2D eigenvalue weighted by Gasteiger charge is 2.69. The van der Waals surface area contributed by atoms with Gasteiger partial charge in [0.05, 0.1) is 12.1 Å². The minimum Gasteiger partial charge on any atom is -0.393 e. The standard InChI is InChI=1S/C18H17NO4/c1-2-6-13(19-11-7-4-3-5-8-11)18-10-9-12(23-18)14-15(18)17(21)22-16(14)20/h2-5,7-10,12-15,19H,1,6H2. The maximum absolute atomic E-state index is 12.2. The summed E-state index contributed by atoms with van der Waals surface area (Å²) in [6, 6.07) is 9.50. The van der Waals surface area contributed by atoms with Crippen molar-refractivity contribution >= 4 is 17.6 Å². The lowest BCUT2D eigenvalue weighted by molar-refractivity contribution is -0.158. The highest BCUT2D eigenvalue weighted by atomic mass is 16.6. The average molecular weight is 311 g/mol. The average Bonchev–Trinajstić information content (AvgIpc) is 3.20. The van der Waals surface area contributed by atoms with Crippen LogP contribution in [-0.2, 0) is 19.1 Å². The topological polar surface area (TPSA) is 64.6 Å². The molecule has 0 radical (unpaired) electrons. The molecule has 1 aromatic rings. The summed E-state index contributed by atoms with van der Waals surface area (Å²) in [6.07, 6.45) is 5.77. The van der Waals surface area contributed by atoms with Crippen LogP contribution in [0.1, 0.15) is 6.42 Å². The number of benzene rings is 1. The highest BCUT2D eigenvalue weighted by molar-refractivity contribution is 5.99. The molecule has 5 unspecified atom stereocenters. The van der Waals surface area contributed by atoms with E-state index in [9.17, 15) is 9.59 Å². The minimum atomic E-state index is -0.872. The summed E-state index contributed by atoms with van der Waals surface area (Å²) in [5.74, 6) is -2.09. The molecule has 3 aliphatic rings. The first kappa shape index (κ1) is 14.2. The third-order valence-corrected chi connectivity index (χ3v) is 4.87. The van der Waals surface area contributed by atoms with Crippen molar-refractivity contribution in [2.45, 2.75) is 24.2 Å². The van der Waals surface area contributed by atoms with Gasteiger partial charge >= 0.3 is 11.9 Å². The number of carbonyl (C=O) groups excluding carboxylic acids is 2. The number of ether oxygens (including phenoxy) is 2. The lowest BCUT2D eigenvalue weighted by atomic mass is 9.72. The smallest absolute Gasteiger partial charge is 0.320 e. The number of esters is 2.